The summed E-state index contributed by atoms with van der Waals surface area (Å²) in [5, 5.41) is 3.77. The van der Waals surface area contributed by atoms with Crippen LogP contribution in [0.15, 0.2) is 45.6 Å². The van der Waals surface area contributed by atoms with Crippen LogP contribution in [-0.2, 0) is 6.42 Å². The molecule has 3 aromatic rings. The maximum Gasteiger partial charge on any atom is 0.349 e. The van der Waals surface area contributed by atoms with E-state index < -0.39 is 11.5 Å². The standard InChI is InChI=1S/C20H17Cl2NO5/c1-26-16-4-3-11(7-17(16)27-2)5-6-23-19(24)14-9-12-8-13(21)10-15(22)18(12)28-20(14)25/h3-4,7-10H,5-6H2,1-2H3,(H,23,24). The Balaban J connectivity index is 1.73. The Bertz CT molecular complexity index is 1090. The zero-order valence-electron chi connectivity index (χ0n) is 15.2. The van der Waals surface area contributed by atoms with Gasteiger partial charge in [0, 0.05) is 17.0 Å². The van der Waals surface area contributed by atoms with E-state index in [-0.39, 0.29) is 16.2 Å². The molecule has 28 heavy (non-hydrogen) atoms. The van der Waals surface area contributed by atoms with Crippen LogP contribution < -0.4 is 20.4 Å². The quantitative estimate of drug-likeness (QED) is 0.606. The van der Waals surface area contributed by atoms with Crippen molar-refractivity contribution >= 4 is 40.1 Å². The van der Waals surface area contributed by atoms with Gasteiger partial charge in [-0.25, -0.2) is 4.79 Å². The third kappa shape index (κ3) is 4.24. The Kier molecular flexibility index (Phi) is 6.11. The zero-order chi connectivity index (χ0) is 20.3. The summed E-state index contributed by atoms with van der Waals surface area (Å²) >= 11 is 12.0. The summed E-state index contributed by atoms with van der Waals surface area (Å²) in [4.78, 5) is 24.6. The van der Waals surface area contributed by atoms with E-state index in [2.05, 4.69) is 5.32 Å². The fraction of sp³-hybridized carbons (Fsp3) is 0.200. The topological polar surface area (TPSA) is 77.8 Å². The molecule has 0 spiro atoms. The van der Waals surface area contributed by atoms with Gasteiger partial charge in [0.2, 0.25) is 0 Å². The molecular weight excluding hydrogens is 405 g/mol. The number of nitrogens with one attached hydrogen (secondary N) is 1. The molecule has 0 bridgehead atoms. The molecule has 1 heterocycles. The predicted molar refractivity (Wildman–Crippen MR) is 108 cm³/mol. The lowest BCUT2D eigenvalue weighted by Crippen LogP contribution is -2.29. The van der Waals surface area contributed by atoms with Gasteiger partial charge in [-0.05, 0) is 42.3 Å². The molecule has 1 amide bonds. The van der Waals surface area contributed by atoms with Gasteiger partial charge in [-0.2, -0.15) is 0 Å². The monoisotopic (exact) mass is 421 g/mol. The SMILES string of the molecule is COc1ccc(CCNC(=O)c2cc3cc(Cl)cc(Cl)c3oc2=O)cc1OC. The van der Waals surface area contributed by atoms with Crippen LogP contribution in [0.4, 0.5) is 0 Å². The van der Waals surface area contributed by atoms with E-state index >= 15 is 0 Å². The Morgan fingerprint density at radius 2 is 1.82 bits per heavy atom. The number of ether oxygens (including phenoxy) is 2. The number of hydrogen-bond donors (Lipinski definition) is 1. The second-order valence-electron chi connectivity index (χ2n) is 5.95. The fourth-order valence-electron chi connectivity index (χ4n) is 2.77. The fourth-order valence-corrected chi connectivity index (χ4v) is 3.31. The molecule has 0 saturated carbocycles. The zero-order valence-corrected chi connectivity index (χ0v) is 16.7. The van der Waals surface area contributed by atoms with E-state index in [1.165, 1.54) is 12.1 Å². The summed E-state index contributed by atoms with van der Waals surface area (Å²) in [5.74, 6) is 0.698. The molecule has 0 saturated heterocycles. The van der Waals surface area contributed by atoms with Crippen LogP contribution in [0.25, 0.3) is 11.0 Å². The first kappa shape index (κ1) is 20.0. The summed E-state index contributed by atoms with van der Waals surface area (Å²) < 4.78 is 15.6. The van der Waals surface area contributed by atoms with Gasteiger partial charge < -0.3 is 19.2 Å². The molecule has 0 radical (unpaired) electrons. The number of halogens is 2. The van der Waals surface area contributed by atoms with Gasteiger partial charge in [-0.3, -0.25) is 4.79 Å². The van der Waals surface area contributed by atoms with Crippen LogP contribution in [0.5, 0.6) is 11.5 Å². The van der Waals surface area contributed by atoms with Crippen molar-refractivity contribution in [2.24, 2.45) is 0 Å². The average molecular weight is 422 g/mol. The highest BCUT2D eigenvalue weighted by atomic mass is 35.5. The molecule has 146 valence electrons. The van der Waals surface area contributed by atoms with Crippen molar-refractivity contribution < 1.29 is 18.7 Å². The number of carbonyl (C=O) groups is 1. The number of carbonyl (C=O) groups excluding carboxylic acids is 1. The molecule has 6 nitrogen and oxygen atoms in total. The van der Waals surface area contributed by atoms with Gasteiger partial charge in [0.1, 0.15) is 5.56 Å². The summed E-state index contributed by atoms with van der Waals surface area (Å²) in [6.07, 6.45) is 0.544. The lowest BCUT2D eigenvalue weighted by Gasteiger charge is -2.10. The second kappa shape index (κ2) is 8.54. The van der Waals surface area contributed by atoms with Crippen LogP contribution in [0.3, 0.4) is 0 Å². The first-order valence-electron chi connectivity index (χ1n) is 8.35. The Morgan fingerprint density at radius 1 is 1.07 bits per heavy atom. The van der Waals surface area contributed by atoms with E-state index in [4.69, 9.17) is 37.1 Å². The highest BCUT2D eigenvalue weighted by Gasteiger charge is 2.15. The maximum absolute atomic E-state index is 12.4. The smallest absolute Gasteiger partial charge is 0.349 e. The van der Waals surface area contributed by atoms with Crippen molar-refractivity contribution in [1.82, 2.24) is 5.32 Å². The average Bonchev–Trinajstić information content (AvgIpc) is 2.67. The molecular formula is C20H17Cl2NO5. The molecule has 0 atom stereocenters. The summed E-state index contributed by atoms with van der Waals surface area (Å²) in [6, 6.07) is 9.97. The van der Waals surface area contributed by atoms with E-state index in [9.17, 15) is 9.59 Å². The van der Waals surface area contributed by atoms with Crippen LogP contribution in [0.2, 0.25) is 10.0 Å². The van der Waals surface area contributed by atoms with E-state index in [0.717, 1.165) is 5.56 Å². The highest BCUT2D eigenvalue weighted by molar-refractivity contribution is 6.38. The first-order valence-corrected chi connectivity index (χ1v) is 9.10. The van der Waals surface area contributed by atoms with Gasteiger partial charge in [0.15, 0.2) is 17.1 Å². The number of hydrogen-bond acceptors (Lipinski definition) is 5. The molecule has 1 aromatic heterocycles. The second-order valence-corrected chi connectivity index (χ2v) is 6.79. The number of fused-ring (bicyclic) bond motifs is 1. The van der Waals surface area contributed by atoms with Gasteiger partial charge in [-0.1, -0.05) is 29.3 Å². The van der Waals surface area contributed by atoms with Gasteiger partial charge in [-0.15, -0.1) is 0 Å². The van der Waals surface area contributed by atoms with Crippen LogP contribution in [-0.4, -0.2) is 26.7 Å². The molecule has 0 aliphatic heterocycles. The van der Waals surface area contributed by atoms with Crippen molar-refractivity contribution in [1.29, 1.82) is 0 Å². The van der Waals surface area contributed by atoms with Crippen LogP contribution in [0.1, 0.15) is 15.9 Å². The third-order valence-electron chi connectivity index (χ3n) is 4.14. The molecule has 0 aliphatic carbocycles. The summed E-state index contributed by atoms with van der Waals surface area (Å²) in [7, 11) is 3.12. The lowest BCUT2D eigenvalue weighted by atomic mass is 10.1. The largest absolute Gasteiger partial charge is 0.493 e. The lowest BCUT2D eigenvalue weighted by molar-refractivity contribution is 0.0950. The van der Waals surface area contributed by atoms with Crippen LogP contribution in [0, 0.1) is 0 Å². The van der Waals surface area contributed by atoms with Gasteiger partial charge in [0.05, 0.1) is 19.2 Å². The van der Waals surface area contributed by atoms with E-state index in [0.29, 0.717) is 34.9 Å². The van der Waals surface area contributed by atoms with Crippen molar-refractivity contribution in [3.05, 3.63) is 68.0 Å². The van der Waals surface area contributed by atoms with Crippen LogP contribution >= 0.6 is 23.2 Å². The Labute approximate surface area is 171 Å². The Hall–Kier alpha value is -2.70. The van der Waals surface area contributed by atoms with Crippen molar-refractivity contribution in [2.45, 2.75) is 6.42 Å². The maximum atomic E-state index is 12.4. The summed E-state index contributed by atoms with van der Waals surface area (Å²) in [6.45, 7) is 0.322. The Morgan fingerprint density at radius 3 is 2.54 bits per heavy atom. The third-order valence-corrected chi connectivity index (χ3v) is 4.64. The molecule has 8 heteroatoms. The van der Waals surface area contributed by atoms with Gasteiger partial charge >= 0.3 is 5.63 Å². The minimum atomic E-state index is -0.764. The van der Waals surface area contributed by atoms with Crippen molar-refractivity contribution in [3.63, 3.8) is 0 Å². The van der Waals surface area contributed by atoms with Crippen molar-refractivity contribution in [3.8, 4) is 11.5 Å². The van der Waals surface area contributed by atoms with E-state index in [1.807, 2.05) is 12.1 Å². The summed E-state index contributed by atoms with van der Waals surface area (Å²) in [5.41, 5.74) is 0.262. The van der Waals surface area contributed by atoms with E-state index in [1.54, 1.807) is 26.4 Å². The minimum Gasteiger partial charge on any atom is -0.493 e. The molecule has 1 N–H and O–H groups in total. The molecule has 3 rings (SSSR count). The number of rotatable bonds is 6. The van der Waals surface area contributed by atoms with Crippen molar-refractivity contribution in [2.75, 3.05) is 20.8 Å². The molecule has 0 unspecified atom stereocenters. The normalized spacial score (nSPS) is 10.7. The molecule has 0 aliphatic rings. The minimum absolute atomic E-state index is 0.113. The molecule has 0 fully saturated rings. The number of amides is 1. The number of methoxy groups -OCH3 is 2. The number of benzene rings is 2. The first-order chi connectivity index (χ1) is 13.4. The predicted octanol–water partition coefficient (Wildman–Crippen LogP) is 4.09. The molecule has 2 aromatic carbocycles. The highest BCUT2D eigenvalue weighted by Crippen LogP contribution is 2.28. The van der Waals surface area contributed by atoms with Gasteiger partial charge in [0.25, 0.3) is 5.91 Å².